The van der Waals surface area contributed by atoms with E-state index in [0.717, 1.165) is 16.5 Å². The van der Waals surface area contributed by atoms with E-state index in [1.807, 2.05) is 31.2 Å². The number of carbonyl (C=O) groups excluding carboxylic acids is 2. The largest absolute Gasteiger partial charge is 0.325 e. The second-order valence-electron chi connectivity index (χ2n) is 6.15. The van der Waals surface area contributed by atoms with Gasteiger partial charge in [-0.25, -0.2) is 0 Å². The van der Waals surface area contributed by atoms with Gasteiger partial charge in [-0.1, -0.05) is 23.2 Å². The Bertz CT molecular complexity index is 1030. The zero-order valence-corrected chi connectivity index (χ0v) is 15.4. The Morgan fingerprint density at radius 1 is 1.00 bits per heavy atom. The molecule has 26 heavy (non-hydrogen) atoms. The number of nitrogens with one attached hydrogen (secondary N) is 2. The molecule has 2 N–H and O–H groups in total. The molecule has 132 valence electrons. The van der Waals surface area contributed by atoms with Crippen LogP contribution < -0.4 is 10.6 Å². The summed E-state index contributed by atoms with van der Waals surface area (Å²) < 4.78 is 0. The maximum atomic E-state index is 12.7. The molecule has 0 saturated carbocycles. The summed E-state index contributed by atoms with van der Waals surface area (Å²) in [6.45, 7) is 5.20. The lowest BCUT2D eigenvalue weighted by Gasteiger charge is -2.11. The minimum atomic E-state index is -0.269. The molecule has 1 aromatic heterocycles. The van der Waals surface area contributed by atoms with E-state index in [-0.39, 0.29) is 11.8 Å². The van der Waals surface area contributed by atoms with Crippen molar-refractivity contribution < 1.29 is 9.59 Å². The molecular formula is C20H18ClN3O2. The fourth-order valence-corrected chi connectivity index (χ4v) is 2.87. The molecule has 2 aromatic carbocycles. The normalized spacial score (nSPS) is 10.6. The molecule has 3 aromatic rings. The summed E-state index contributed by atoms with van der Waals surface area (Å²) in [6.07, 6.45) is 0. The number of nitrogens with zero attached hydrogens (tertiary/aromatic N) is 1. The molecular weight excluding hydrogens is 350 g/mol. The molecule has 6 heteroatoms. The first-order valence-corrected chi connectivity index (χ1v) is 8.48. The Hall–Kier alpha value is -2.92. The lowest BCUT2D eigenvalue weighted by atomic mass is 10.1. The number of rotatable bonds is 3. The van der Waals surface area contributed by atoms with E-state index in [4.69, 9.17) is 11.6 Å². The highest BCUT2D eigenvalue weighted by Gasteiger charge is 2.13. The molecule has 2 amide bonds. The lowest BCUT2D eigenvalue weighted by Crippen LogP contribution is -2.15. The quantitative estimate of drug-likeness (QED) is 0.703. The Morgan fingerprint density at radius 2 is 1.77 bits per heavy atom. The van der Waals surface area contributed by atoms with Gasteiger partial charge in [0.25, 0.3) is 5.91 Å². The summed E-state index contributed by atoms with van der Waals surface area (Å²) in [5, 5.41) is 6.78. The van der Waals surface area contributed by atoms with Gasteiger partial charge < -0.3 is 10.6 Å². The van der Waals surface area contributed by atoms with Gasteiger partial charge in [0.05, 0.1) is 27.5 Å². The van der Waals surface area contributed by atoms with Gasteiger partial charge >= 0.3 is 0 Å². The molecule has 5 nitrogen and oxygen atoms in total. The molecule has 3 rings (SSSR count). The number of benzene rings is 2. The van der Waals surface area contributed by atoms with E-state index in [2.05, 4.69) is 15.6 Å². The minimum absolute atomic E-state index is 0.236. The number of hydrogen-bond acceptors (Lipinski definition) is 3. The first-order valence-electron chi connectivity index (χ1n) is 8.10. The van der Waals surface area contributed by atoms with Crippen molar-refractivity contribution in [2.24, 2.45) is 0 Å². The second kappa shape index (κ2) is 7.14. The van der Waals surface area contributed by atoms with E-state index in [0.29, 0.717) is 27.7 Å². The SMILES string of the molecule is CC(=O)Nc1cc(NC(=O)c2cc3cc(C)ccc3nc2C)ccc1Cl. The van der Waals surface area contributed by atoms with Gasteiger partial charge in [0.1, 0.15) is 0 Å². The van der Waals surface area contributed by atoms with Crippen molar-refractivity contribution >= 4 is 45.7 Å². The summed E-state index contributed by atoms with van der Waals surface area (Å²) in [4.78, 5) is 28.5. The van der Waals surface area contributed by atoms with Crippen LogP contribution in [0.2, 0.25) is 5.02 Å². The number of aromatic nitrogens is 1. The topological polar surface area (TPSA) is 71.1 Å². The van der Waals surface area contributed by atoms with Gasteiger partial charge in [-0.15, -0.1) is 0 Å². The molecule has 1 heterocycles. The molecule has 0 aliphatic heterocycles. The van der Waals surface area contributed by atoms with Gasteiger partial charge in [0, 0.05) is 18.0 Å². The van der Waals surface area contributed by atoms with Gasteiger partial charge in [0.15, 0.2) is 0 Å². The fraction of sp³-hybridized carbons (Fsp3) is 0.150. The van der Waals surface area contributed by atoms with Crippen LogP contribution in [0.3, 0.4) is 0 Å². The van der Waals surface area contributed by atoms with Crippen LogP contribution in [0, 0.1) is 13.8 Å². The van der Waals surface area contributed by atoms with Crippen LogP contribution in [0.5, 0.6) is 0 Å². The molecule has 0 aliphatic carbocycles. The first kappa shape index (κ1) is 17.9. The molecule has 0 fully saturated rings. The number of hydrogen-bond donors (Lipinski definition) is 2. The Morgan fingerprint density at radius 3 is 2.50 bits per heavy atom. The standard InChI is InChI=1S/C20H18ClN3O2/c1-11-4-7-18-14(8-11)9-16(12(2)22-18)20(26)24-15-5-6-17(21)19(10-15)23-13(3)25/h4-10H,1-3H3,(H,23,25)(H,24,26). The van der Waals surface area contributed by atoms with E-state index in [1.54, 1.807) is 25.1 Å². The summed E-state index contributed by atoms with van der Waals surface area (Å²) in [7, 11) is 0. The van der Waals surface area contributed by atoms with E-state index in [1.165, 1.54) is 6.92 Å². The monoisotopic (exact) mass is 367 g/mol. The zero-order chi connectivity index (χ0) is 18.8. The van der Waals surface area contributed by atoms with Gasteiger partial charge in [-0.3, -0.25) is 14.6 Å². The number of aryl methyl sites for hydroxylation is 2. The number of amides is 2. The van der Waals surface area contributed by atoms with Crippen LogP contribution in [-0.2, 0) is 4.79 Å². The van der Waals surface area contributed by atoms with Crippen molar-refractivity contribution in [2.75, 3.05) is 10.6 Å². The van der Waals surface area contributed by atoms with E-state index in [9.17, 15) is 9.59 Å². The van der Waals surface area contributed by atoms with Crippen LogP contribution in [0.25, 0.3) is 10.9 Å². The maximum absolute atomic E-state index is 12.7. The molecule has 0 saturated heterocycles. The molecule has 0 bridgehead atoms. The van der Waals surface area contributed by atoms with Crippen molar-refractivity contribution in [1.29, 1.82) is 0 Å². The van der Waals surface area contributed by atoms with Gasteiger partial charge in [0.2, 0.25) is 5.91 Å². The summed E-state index contributed by atoms with van der Waals surface area (Å²) >= 11 is 6.06. The summed E-state index contributed by atoms with van der Waals surface area (Å²) in [5.41, 5.74) is 4.08. The average molecular weight is 368 g/mol. The molecule has 0 radical (unpaired) electrons. The third kappa shape index (κ3) is 3.83. The summed E-state index contributed by atoms with van der Waals surface area (Å²) in [5.74, 6) is -0.505. The number of fused-ring (bicyclic) bond motifs is 1. The Labute approximate surface area is 156 Å². The third-order valence-corrected chi connectivity index (χ3v) is 4.27. The number of pyridine rings is 1. The Balaban J connectivity index is 1.91. The van der Waals surface area contributed by atoms with E-state index >= 15 is 0 Å². The van der Waals surface area contributed by atoms with Crippen LogP contribution in [0.15, 0.2) is 42.5 Å². The van der Waals surface area contributed by atoms with E-state index < -0.39 is 0 Å². The zero-order valence-electron chi connectivity index (χ0n) is 14.7. The highest BCUT2D eigenvalue weighted by molar-refractivity contribution is 6.33. The highest BCUT2D eigenvalue weighted by atomic mass is 35.5. The predicted octanol–water partition coefficient (Wildman–Crippen LogP) is 4.72. The van der Waals surface area contributed by atoms with Crippen molar-refractivity contribution in [3.05, 3.63) is 64.3 Å². The van der Waals surface area contributed by atoms with Crippen molar-refractivity contribution in [3.63, 3.8) is 0 Å². The number of carbonyl (C=O) groups is 2. The van der Waals surface area contributed by atoms with Crippen molar-refractivity contribution in [3.8, 4) is 0 Å². The highest BCUT2D eigenvalue weighted by Crippen LogP contribution is 2.26. The third-order valence-electron chi connectivity index (χ3n) is 3.94. The predicted molar refractivity (Wildman–Crippen MR) is 105 cm³/mol. The smallest absolute Gasteiger partial charge is 0.257 e. The van der Waals surface area contributed by atoms with Crippen LogP contribution in [0.4, 0.5) is 11.4 Å². The van der Waals surface area contributed by atoms with Gasteiger partial charge in [-0.05, 0) is 50.2 Å². The number of halogens is 1. The minimum Gasteiger partial charge on any atom is -0.325 e. The van der Waals surface area contributed by atoms with Crippen molar-refractivity contribution in [1.82, 2.24) is 4.98 Å². The molecule has 0 unspecified atom stereocenters. The van der Waals surface area contributed by atoms with Crippen LogP contribution in [0.1, 0.15) is 28.5 Å². The molecule has 0 atom stereocenters. The fourth-order valence-electron chi connectivity index (χ4n) is 2.71. The van der Waals surface area contributed by atoms with Crippen molar-refractivity contribution in [2.45, 2.75) is 20.8 Å². The average Bonchev–Trinajstić information content (AvgIpc) is 2.57. The van der Waals surface area contributed by atoms with Gasteiger partial charge in [-0.2, -0.15) is 0 Å². The number of anilines is 2. The molecule has 0 spiro atoms. The second-order valence-corrected chi connectivity index (χ2v) is 6.55. The van der Waals surface area contributed by atoms with Crippen LogP contribution >= 0.6 is 11.6 Å². The lowest BCUT2D eigenvalue weighted by molar-refractivity contribution is -0.114. The Kier molecular flexibility index (Phi) is 4.91. The van der Waals surface area contributed by atoms with Crippen LogP contribution in [-0.4, -0.2) is 16.8 Å². The summed E-state index contributed by atoms with van der Waals surface area (Å²) in [6, 6.07) is 12.7. The first-order chi connectivity index (χ1) is 12.3. The maximum Gasteiger partial charge on any atom is 0.257 e. The molecule has 0 aliphatic rings.